The van der Waals surface area contributed by atoms with E-state index in [1.165, 1.54) is 0 Å². The topological polar surface area (TPSA) is 79.0 Å². The summed E-state index contributed by atoms with van der Waals surface area (Å²) < 4.78 is 8.06. The minimum atomic E-state index is 0.01000. The zero-order valence-corrected chi connectivity index (χ0v) is 13.6. The Morgan fingerprint density at radius 3 is 3.10 bits per heavy atom. The van der Waals surface area contributed by atoms with Gasteiger partial charge in [-0.3, -0.25) is 5.10 Å². The molecule has 0 spiro atoms. The molecule has 2 rings (SSSR count). The smallest absolute Gasteiger partial charge is 0.216 e. The van der Waals surface area contributed by atoms with Gasteiger partial charge >= 0.3 is 0 Å². The second kappa shape index (κ2) is 7.15. The van der Waals surface area contributed by atoms with Crippen LogP contribution in [0.15, 0.2) is 27.8 Å². The van der Waals surface area contributed by atoms with E-state index in [0.717, 1.165) is 22.3 Å². The predicted octanol–water partition coefficient (Wildman–Crippen LogP) is 3.05. The Hall–Kier alpha value is -1.98. The summed E-state index contributed by atoms with van der Waals surface area (Å²) in [5, 5.41) is 19.6. The highest BCUT2D eigenvalue weighted by atomic mass is 79.9. The largest absolute Gasteiger partial charge is 0.478 e. The third kappa shape index (κ3) is 3.77. The van der Waals surface area contributed by atoms with E-state index in [1.807, 2.05) is 25.1 Å². The Bertz CT molecular complexity index is 759. The van der Waals surface area contributed by atoms with Gasteiger partial charge in [0.2, 0.25) is 4.77 Å². The first-order valence-electron chi connectivity index (χ1n) is 6.15. The molecule has 1 aromatic heterocycles. The molecule has 6 nitrogen and oxygen atoms in total. The van der Waals surface area contributed by atoms with Gasteiger partial charge in [0.25, 0.3) is 0 Å². The molecular weight excluding hydrogens is 354 g/mol. The first-order chi connectivity index (χ1) is 10.2. The SMILES string of the molecule is CCc1n[nH]c(=S)n1/N=C\c1ccc(OCC#N)c(Br)c1. The molecule has 0 aliphatic heterocycles. The Labute approximate surface area is 135 Å². The van der Waals surface area contributed by atoms with Crippen molar-refractivity contribution in [1.29, 1.82) is 5.26 Å². The molecule has 0 atom stereocenters. The number of benzene rings is 1. The summed E-state index contributed by atoms with van der Waals surface area (Å²) in [6, 6.07) is 7.40. The number of nitrogens with zero attached hydrogens (tertiary/aromatic N) is 4. The fourth-order valence-corrected chi connectivity index (χ4v) is 2.33. The van der Waals surface area contributed by atoms with Crippen LogP contribution in [0.4, 0.5) is 0 Å². The standard InChI is InChI=1S/C13H12BrN5OS/c1-2-12-17-18-13(21)19(12)16-8-9-3-4-11(10(14)7-9)20-6-5-15/h3-4,7-8H,2,6H2,1H3,(H,18,21)/b16-8-. The average molecular weight is 366 g/mol. The molecule has 0 aliphatic rings. The maximum absolute atomic E-state index is 8.51. The Balaban J connectivity index is 2.22. The first-order valence-corrected chi connectivity index (χ1v) is 7.35. The number of ether oxygens (including phenoxy) is 1. The van der Waals surface area contributed by atoms with Gasteiger partial charge in [-0.05, 0) is 51.9 Å². The van der Waals surface area contributed by atoms with Gasteiger partial charge in [0.1, 0.15) is 11.8 Å². The highest BCUT2D eigenvalue weighted by Crippen LogP contribution is 2.25. The fraction of sp³-hybridized carbons (Fsp3) is 0.231. The molecule has 2 aromatic rings. The zero-order chi connectivity index (χ0) is 15.2. The van der Waals surface area contributed by atoms with Crippen molar-refractivity contribution in [2.45, 2.75) is 13.3 Å². The molecule has 1 N–H and O–H groups in total. The fourth-order valence-electron chi connectivity index (χ4n) is 1.62. The Morgan fingerprint density at radius 1 is 1.62 bits per heavy atom. The van der Waals surface area contributed by atoms with Gasteiger partial charge in [-0.1, -0.05) is 6.92 Å². The summed E-state index contributed by atoms with van der Waals surface area (Å²) in [5.41, 5.74) is 0.872. The highest BCUT2D eigenvalue weighted by molar-refractivity contribution is 9.10. The Morgan fingerprint density at radius 2 is 2.43 bits per heavy atom. The summed E-state index contributed by atoms with van der Waals surface area (Å²) >= 11 is 8.52. The normalized spacial score (nSPS) is 10.7. The van der Waals surface area contributed by atoms with Crippen molar-refractivity contribution >= 4 is 34.4 Å². The minimum absolute atomic E-state index is 0.01000. The number of rotatable bonds is 5. The second-order valence-electron chi connectivity index (χ2n) is 3.99. The molecular formula is C13H12BrN5OS. The zero-order valence-electron chi connectivity index (χ0n) is 11.2. The van der Waals surface area contributed by atoms with E-state index in [2.05, 4.69) is 31.2 Å². The van der Waals surface area contributed by atoms with Crippen molar-refractivity contribution in [2.24, 2.45) is 5.10 Å². The lowest BCUT2D eigenvalue weighted by atomic mass is 10.2. The van der Waals surface area contributed by atoms with Crippen LogP contribution >= 0.6 is 28.1 Å². The number of aryl methyl sites for hydroxylation is 1. The number of nitriles is 1. The molecule has 0 unspecified atom stereocenters. The molecule has 0 bridgehead atoms. The molecule has 0 saturated heterocycles. The maximum atomic E-state index is 8.51. The van der Waals surface area contributed by atoms with E-state index in [9.17, 15) is 0 Å². The Kier molecular flexibility index (Phi) is 5.25. The first kappa shape index (κ1) is 15.4. The number of hydrogen-bond donors (Lipinski definition) is 1. The van der Waals surface area contributed by atoms with Crippen LogP contribution in [0, 0.1) is 16.1 Å². The number of H-pyrrole nitrogens is 1. The van der Waals surface area contributed by atoms with Crippen molar-refractivity contribution in [2.75, 3.05) is 6.61 Å². The number of hydrogen-bond acceptors (Lipinski definition) is 5. The summed E-state index contributed by atoms with van der Waals surface area (Å²) in [6.07, 6.45) is 2.42. The van der Waals surface area contributed by atoms with Crippen LogP contribution in [-0.2, 0) is 6.42 Å². The number of halogens is 1. The van der Waals surface area contributed by atoms with E-state index in [4.69, 9.17) is 22.2 Å². The van der Waals surface area contributed by atoms with Crippen LogP contribution in [0.5, 0.6) is 5.75 Å². The van der Waals surface area contributed by atoms with Gasteiger partial charge in [0.15, 0.2) is 12.4 Å². The van der Waals surface area contributed by atoms with Crippen LogP contribution in [0.1, 0.15) is 18.3 Å². The van der Waals surface area contributed by atoms with E-state index in [0.29, 0.717) is 10.5 Å². The van der Waals surface area contributed by atoms with Gasteiger partial charge < -0.3 is 4.74 Å². The third-order valence-electron chi connectivity index (χ3n) is 2.60. The van der Waals surface area contributed by atoms with E-state index in [1.54, 1.807) is 17.0 Å². The molecule has 0 fully saturated rings. The number of nitrogens with one attached hydrogen (secondary N) is 1. The highest BCUT2D eigenvalue weighted by Gasteiger charge is 2.03. The van der Waals surface area contributed by atoms with Gasteiger partial charge in [-0.2, -0.15) is 20.1 Å². The van der Waals surface area contributed by atoms with Crippen LogP contribution in [0.25, 0.3) is 0 Å². The molecule has 1 aromatic carbocycles. The van der Waals surface area contributed by atoms with Crippen LogP contribution < -0.4 is 4.74 Å². The van der Waals surface area contributed by atoms with Crippen molar-refractivity contribution in [3.63, 3.8) is 0 Å². The van der Waals surface area contributed by atoms with Gasteiger partial charge in [-0.25, -0.2) is 0 Å². The molecule has 0 radical (unpaired) electrons. The predicted molar refractivity (Wildman–Crippen MR) is 85.0 cm³/mol. The second-order valence-corrected chi connectivity index (χ2v) is 5.23. The van der Waals surface area contributed by atoms with Crippen molar-refractivity contribution in [1.82, 2.24) is 14.9 Å². The van der Waals surface area contributed by atoms with Crippen LogP contribution in [-0.4, -0.2) is 27.7 Å². The van der Waals surface area contributed by atoms with E-state index >= 15 is 0 Å². The molecule has 1 heterocycles. The molecule has 0 aliphatic carbocycles. The third-order valence-corrected chi connectivity index (χ3v) is 3.49. The van der Waals surface area contributed by atoms with Crippen molar-refractivity contribution < 1.29 is 4.74 Å². The van der Waals surface area contributed by atoms with Gasteiger partial charge in [0, 0.05) is 6.42 Å². The summed E-state index contributed by atoms with van der Waals surface area (Å²) in [5.74, 6) is 1.38. The quantitative estimate of drug-likeness (QED) is 0.652. The van der Waals surface area contributed by atoms with Crippen molar-refractivity contribution in [3.8, 4) is 11.8 Å². The number of aromatic amines is 1. The molecule has 108 valence electrons. The summed E-state index contributed by atoms with van der Waals surface area (Å²) in [4.78, 5) is 0. The summed E-state index contributed by atoms with van der Waals surface area (Å²) in [6.45, 7) is 1.99. The average Bonchev–Trinajstić information content (AvgIpc) is 2.84. The minimum Gasteiger partial charge on any atom is -0.478 e. The lowest BCUT2D eigenvalue weighted by Crippen LogP contribution is -1.98. The molecule has 21 heavy (non-hydrogen) atoms. The molecule has 8 heteroatoms. The van der Waals surface area contributed by atoms with Crippen molar-refractivity contribution in [3.05, 3.63) is 38.8 Å². The monoisotopic (exact) mass is 365 g/mol. The lowest BCUT2D eigenvalue weighted by Gasteiger charge is -2.05. The molecule has 0 amide bonds. The van der Waals surface area contributed by atoms with Gasteiger partial charge in [-0.15, -0.1) is 0 Å². The van der Waals surface area contributed by atoms with E-state index < -0.39 is 0 Å². The van der Waals surface area contributed by atoms with E-state index in [-0.39, 0.29) is 6.61 Å². The van der Waals surface area contributed by atoms with Crippen LogP contribution in [0.2, 0.25) is 0 Å². The molecule has 0 saturated carbocycles. The lowest BCUT2D eigenvalue weighted by molar-refractivity contribution is 0.366. The van der Waals surface area contributed by atoms with Gasteiger partial charge in [0.05, 0.1) is 10.7 Å². The summed E-state index contributed by atoms with van der Waals surface area (Å²) in [7, 11) is 0. The number of aromatic nitrogens is 3. The maximum Gasteiger partial charge on any atom is 0.216 e. The van der Waals surface area contributed by atoms with Crippen LogP contribution in [0.3, 0.4) is 0 Å².